The highest BCUT2D eigenvalue weighted by Gasteiger charge is 2.14. The number of anilines is 1. The number of aromatic nitrogens is 1. The number of aliphatic hydroxyl groups is 1. The third-order valence-corrected chi connectivity index (χ3v) is 3.44. The van der Waals surface area contributed by atoms with Gasteiger partial charge in [-0.3, -0.25) is 4.98 Å². The molecule has 0 atom stereocenters. The predicted octanol–water partition coefficient (Wildman–Crippen LogP) is 1.93. The number of nitrogens with one attached hydrogen (secondary N) is 1. The molecular formula is C15H16N2O4. The molecular weight excluding hydrogens is 272 g/mol. The highest BCUT2D eigenvalue weighted by molar-refractivity contribution is 5.56. The number of hydrogen-bond donors (Lipinski definition) is 3. The van der Waals surface area contributed by atoms with Gasteiger partial charge in [-0.25, -0.2) is 0 Å². The molecule has 2 heterocycles. The second-order valence-electron chi connectivity index (χ2n) is 4.78. The van der Waals surface area contributed by atoms with Crippen molar-refractivity contribution in [1.82, 2.24) is 4.98 Å². The van der Waals surface area contributed by atoms with Crippen LogP contribution in [0.5, 0.6) is 17.2 Å². The van der Waals surface area contributed by atoms with Gasteiger partial charge in [0.15, 0.2) is 11.5 Å². The van der Waals surface area contributed by atoms with Gasteiger partial charge in [-0.2, -0.15) is 0 Å². The molecule has 110 valence electrons. The van der Waals surface area contributed by atoms with E-state index in [2.05, 4.69) is 10.3 Å². The maximum Gasteiger partial charge on any atom is 0.231 e. The smallest absolute Gasteiger partial charge is 0.231 e. The third-order valence-electron chi connectivity index (χ3n) is 3.44. The van der Waals surface area contributed by atoms with E-state index in [0.717, 1.165) is 11.4 Å². The second-order valence-corrected chi connectivity index (χ2v) is 4.78. The lowest BCUT2D eigenvalue weighted by Gasteiger charge is -2.13. The molecule has 0 bridgehead atoms. The van der Waals surface area contributed by atoms with Gasteiger partial charge in [-0.1, -0.05) is 0 Å². The summed E-state index contributed by atoms with van der Waals surface area (Å²) in [6.07, 6.45) is 1.58. The standard InChI is InChI=1S/C15H16N2O4/c1-9-15(19)12(10(7-18)5-16-9)6-17-11-2-3-13-14(4-11)21-8-20-13/h2-5,17-19H,6-8H2,1H3. The first kappa shape index (κ1) is 13.5. The minimum absolute atomic E-state index is 0.106. The van der Waals surface area contributed by atoms with E-state index in [1.165, 1.54) is 0 Å². The average Bonchev–Trinajstić information content (AvgIpc) is 2.96. The maximum atomic E-state index is 10.1. The summed E-state index contributed by atoms with van der Waals surface area (Å²) in [5.74, 6) is 1.52. The summed E-state index contributed by atoms with van der Waals surface area (Å²) in [6.45, 7) is 2.17. The van der Waals surface area contributed by atoms with Crippen LogP contribution >= 0.6 is 0 Å². The van der Waals surface area contributed by atoms with Crippen LogP contribution in [-0.4, -0.2) is 22.0 Å². The molecule has 3 rings (SSSR count). The van der Waals surface area contributed by atoms with Crippen LogP contribution in [0.15, 0.2) is 24.4 Å². The van der Waals surface area contributed by atoms with Gasteiger partial charge in [0.2, 0.25) is 6.79 Å². The second kappa shape index (κ2) is 5.49. The van der Waals surface area contributed by atoms with Crippen molar-refractivity contribution in [1.29, 1.82) is 0 Å². The van der Waals surface area contributed by atoms with Crippen LogP contribution in [0.4, 0.5) is 5.69 Å². The van der Waals surface area contributed by atoms with Gasteiger partial charge in [-0.15, -0.1) is 0 Å². The minimum atomic E-state index is -0.168. The van der Waals surface area contributed by atoms with E-state index in [1.807, 2.05) is 18.2 Å². The lowest BCUT2D eigenvalue weighted by molar-refractivity contribution is 0.174. The molecule has 0 radical (unpaired) electrons. The Kier molecular flexibility index (Phi) is 3.53. The zero-order valence-corrected chi connectivity index (χ0v) is 11.6. The molecule has 0 aliphatic carbocycles. The topological polar surface area (TPSA) is 83.8 Å². The monoisotopic (exact) mass is 288 g/mol. The third kappa shape index (κ3) is 2.57. The summed E-state index contributed by atoms with van der Waals surface area (Å²) >= 11 is 0. The number of rotatable bonds is 4. The quantitative estimate of drug-likeness (QED) is 0.797. The highest BCUT2D eigenvalue weighted by Crippen LogP contribution is 2.34. The number of fused-ring (bicyclic) bond motifs is 1. The molecule has 0 unspecified atom stereocenters. The number of benzene rings is 1. The van der Waals surface area contributed by atoms with Crippen molar-refractivity contribution in [2.75, 3.05) is 12.1 Å². The van der Waals surface area contributed by atoms with Crippen LogP contribution in [0, 0.1) is 6.92 Å². The molecule has 0 saturated carbocycles. The molecule has 0 saturated heterocycles. The number of nitrogens with zero attached hydrogens (tertiary/aromatic N) is 1. The number of aryl methyl sites for hydroxylation is 1. The summed E-state index contributed by atoms with van der Waals surface area (Å²) in [5.41, 5.74) is 2.63. The van der Waals surface area contributed by atoms with Gasteiger partial charge >= 0.3 is 0 Å². The number of hydrogen-bond acceptors (Lipinski definition) is 6. The summed E-state index contributed by atoms with van der Waals surface area (Å²) in [7, 11) is 0. The number of aliphatic hydroxyl groups excluding tert-OH is 1. The number of aromatic hydroxyl groups is 1. The molecule has 2 aromatic rings. The molecule has 1 aromatic heterocycles. The van der Waals surface area contributed by atoms with Crippen LogP contribution in [0.25, 0.3) is 0 Å². The average molecular weight is 288 g/mol. The first-order valence-electron chi connectivity index (χ1n) is 6.59. The van der Waals surface area contributed by atoms with Crippen molar-refractivity contribution in [2.24, 2.45) is 0 Å². The largest absolute Gasteiger partial charge is 0.506 e. The maximum absolute atomic E-state index is 10.1. The van der Waals surface area contributed by atoms with E-state index in [-0.39, 0.29) is 19.1 Å². The normalized spacial score (nSPS) is 12.5. The van der Waals surface area contributed by atoms with E-state index in [0.29, 0.717) is 29.1 Å². The molecule has 21 heavy (non-hydrogen) atoms. The Morgan fingerprint density at radius 1 is 1.29 bits per heavy atom. The minimum Gasteiger partial charge on any atom is -0.506 e. The Hall–Kier alpha value is -2.47. The Labute approximate surface area is 122 Å². The highest BCUT2D eigenvalue weighted by atomic mass is 16.7. The van der Waals surface area contributed by atoms with E-state index in [9.17, 15) is 10.2 Å². The van der Waals surface area contributed by atoms with Crippen molar-refractivity contribution in [3.05, 3.63) is 41.2 Å². The van der Waals surface area contributed by atoms with Gasteiger partial charge in [0, 0.05) is 35.6 Å². The molecule has 6 heteroatoms. The predicted molar refractivity (Wildman–Crippen MR) is 76.5 cm³/mol. The molecule has 0 fully saturated rings. The Morgan fingerprint density at radius 2 is 2.10 bits per heavy atom. The van der Waals surface area contributed by atoms with Gasteiger partial charge < -0.3 is 25.0 Å². The van der Waals surface area contributed by atoms with Crippen LogP contribution in [0.1, 0.15) is 16.8 Å². The SMILES string of the molecule is Cc1ncc(CO)c(CNc2ccc3c(c2)OCO3)c1O. The first-order chi connectivity index (χ1) is 10.2. The molecule has 3 N–H and O–H groups in total. The van der Waals surface area contributed by atoms with E-state index in [1.54, 1.807) is 13.1 Å². The fraction of sp³-hybridized carbons (Fsp3) is 0.267. The van der Waals surface area contributed by atoms with Crippen LogP contribution < -0.4 is 14.8 Å². The van der Waals surface area contributed by atoms with Crippen molar-refractivity contribution >= 4 is 5.69 Å². The Bertz CT molecular complexity index is 673. The number of ether oxygens (including phenoxy) is 2. The van der Waals surface area contributed by atoms with E-state index in [4.69, 9.17) is 9.47 Å². The molecule has 1 aromatic carbocycles. The van der Waals surface area contributed by atoms with E-state index >= 15 is 0 Å². The zero-order chi connectivity index (χ0) is 14.8. The zero-order valence-electron chi connectivity index (χ0n) is 11.6. The molecule has 1 aliphatic heterocycles. The van der Waals surface area contributed by atoms with Crippen molar-refractivity contribution in [2.45, 2.75) is 20.1 Å². The molecule has 0 spiro atoms. The Balaban J connectivity index is 1.80. The fourth-order valence-corrected chi connectivity index (χ4v) is 2.21. The molecule has 1 aliphatic rings. The van der Waals surface area contributed by atoms with Crippen LogP contribution in [0.3, 0.4) is 0 Å². The lowest BCUT2D eigenvalue weighted by atomic mass is 10.1. The summed E-state index contributed by atoms with van der Waals surface area (Å²) < 4.78 is 10.6. The fourth-order valence-electron chi connectivity index (χ4n) is 2.21. The van der Waals surface area contributed by atoms with Gasteiger partial charge in [0.25, 0.3) is 0 Å². The summed E-state index contributed by atoms with van der Waals surface area (Å²) in [5, 5.41) is 22.6. The van der Waals surface area contributed by atoms with Crippen LogP contribution in [0.2, 0.25) is 0 Å². The summed E-state index contributed by atoms with van der Waals surface area (Å²) in [6, 6.07) is 5.54. The van der Waals surface area contributed by atoms with Crippen molar-refractivity contribution in [3.63, 3.8) is 0 Å². The first-order valence-corrected chi connectivity index (χ1v) is 6.59. The Morgan fingerprint density at radius 3 is 2.90 bits per heavy atom. The van der Waals surface area contributed by atoms with Gasteiger partial charge in [-0.05, 0) is 19.1 Å². The van der Waals surface area contributed by atoms with Gasteiger partial charge in [0.05, 0.1) is 12.3 Å². The molecule has 6 nitrogen and oxygen atoms in total. The van der Waals surface area contributed by atoms with Crippen molar-refractivity contribution < 1.29 is 19.7 Å². The number of pyridine rings is 1. The van der Waals surface area contributed by atoms with Crippen molar-refractivity contribution in [3.8, 4) is 17.2 Å². The van der Waals surface area contributed by atoms with E-state index < -0.39 is 0 Å². The molecule has 0 amide bonds. The lowest BCUT2D eigenvalue weighted by Crippen LogP contribution is -2.05. The van der Waals surface area contributed by atoms with Gasteiger partial charge in [0.1, 0.15) is 5.75 Å². The summed E-state index contributed by atoms with van der Waals surface area (Å²) in [4.78, 5) is 4.04. The van der Waals surface area contributed by atoms with Crippen LogP contribution in [-0.2, 0) is 13.2 Å².